The SMILES string of the molecule is CCOC1C(O)CCC2N=Cc3ccccc3C21. The van der Waals surface area contributed by atoms with Crippen molar-refractivity contribution in [3.8, 4) is 0 Å². The van der Waals surface area contributed by atoms with Crippen LogP contribution in [0.4, 0.5) is 0 Å². The number of hydrogen-bond acceptors (Lipinski definition) is 3. The largest absolute Gasteiger partial charge is 0.390 e. The molecule has 1 aliphatic heterocycles. The van der Waals surface area contributed by atoms with Gasteiger partial charge < -0.3 is 9.84 Å². The van der Waals surface area contributed by atoms with Gasteiger partial charge in [-0.2, -0.15) is 0 Å². The maximum atomic E-state index is 10.2. The molecule has 1 heterocycles. The molecule has 1 aromatic carbocycles. The van der Waals surface area contributed by atoms with Gasteiger partial charge in [0.1, 0.15) is 0 Å². The van der Waals surface area contributed by atoms with Crippen molar-refractivity contribution < 1.29 is 9.84 Å². The maximum absolute atomic E-state index is 10.2. The number of fused-ring (bicyclic) bond motifs is 3. The first-order valence-corrected chi connectivity index (χ1v) is 6.73. The third kappa shape index (κ3) is 1.88. The molecule has 0 saturated heterocycles. The minimum atomic E-state index is -0.368. The standard InChI is InChI=1S/C15H19NO2/c1-2-18-15-13(17)8-7-12-14(15)11-6-4-3-5-10(11)9-16-12/h3-6,9,12-15,17H,2,7-8H2,1H3. The number of ether oxygens (including phenoxy) is 1. The van der Waals surface area contributed by atoms with E-state index in [4.69, 9.17) is 4.74 Å². The van der Waals surface area contributed by atoms with E-state index in [-0.39, 0.29) is 24.2 Å². The molecule has 1 aromatic rings. The minimum absolute atomic E-state index is 0.118. The van der Waals surface area contributed by atoms with Gasteiger partial charge in [-0.25, -0.2) is 0 Å². The van der Waals surface area contributed by atoms with Gasteiger partial charge in [0.2, 0.25) is 0 Å². The molecular formula is C15H19NO2. The van der Waals surface area contributed by atoms with Crippen LogP contribution in [-0.4, -0.2) is 36.2 Å². The molecule has 4 atom stereocenters. The van der Waals surface area contributed by atoms with Crippen LogP contribution in [0.25, 0.3) is 0 Å². The predicted octanol–water partition coefficient (Wildman–Crippen LogP) is 2.13. The Kier molecular flexibility index (Phi) is 3.18. The number of aliphatic hydroxyl groups excluding tert-OH is 1. The van der Waals surface area contributed by atoms with Crippen LogP contribution in [0.5, 0.6) is 0 Å². The first-order valence-electron chi connectivity index (χ1n) is 6.73. The van der Waals surface area contributed by atoms with Gasteiger partial charge in [0.15, 0.2) is 0 Å². The van der Waals surface area contributed by atoms with E-state index in [0.717, 1.165) is 18.4 Å². The van der Waals surface area contributed by atoms with Crippen LogP contribution in [0.3, 0.4) is 0 Å². The molecule has 0 spiro atoms. The Morgan fingerprint density at radius 3 is 3.00 bits per heavy atom. The molecule has 1 aliphatic carbocycles. The second kappa shape index (κ2) is 4.82. The molecule has 0 amide bonds. The molecule has 0 aromatic heterocycles. The summed E-state index contributed by atoms with van der Waals surface area (Å²) in [4.78, 5) is 4.64. The molecule has 0 bridgehead atoms. The quantitative estimate of drug-likeness (QED) is 0.867. The van der Waals surface area contributed by atoms with E-state index in [0.29, 0.717) is 6.61 Å². The lowest BCUT2D eigenvalue weighted by atomic mass is 9.74. The minimum Gasteiger partial charge on any atom is -0.390 e. The summed E-state index contributed by atoms with van der Waals surface area (Å²) in [6.45, 7) is 2.62. The van der Waals surface area contributed by atoms with Gasteiger partial charge >= 0.3 is 0 Å². The van der Waals surface area contributed by atoms with Gasteiger partial charge in [0.25, 0.3) is 0 Å². The fourth-order valence-corrected chi connectivity index (χ4v) is 3.21. The second-order valence-corrected chi connectivity index (χ2v) is 5.06. The van der Waals surface area contributed by atoms with E-state index in [2.05, 4.69) is 23.2 Å². The molecule has 1 saturated carbocycles. The number of aliphatic hydroxyl groups is 1. The fourth-order valence-electron chi connectivity index (χ4n) is 3.21. The van der Waals surface area contributed by atoms with Crippen molar-refractivity contribution in [3.05, 3.63) is 35.4 Å². The molecule has 1 fully saturated rings. The van der Waals surface area contributed by atoms with E-state index < -0.39 is 0 Å². The smallest absolute Gasteiger partial charge is 0.0922 e. The third-order valence-electron chi connectivity index (χ3n) is 4.03. The Labute approximate surface area is 108 Å². The lowest BCUT2D eigenvalue weighted by molar-refractivity contribution is -0.0714. The zero-order chi connectivity index (χ0) is 12.5. The predicted molar refractivity (Wildman–Crippen MR) is 71.2 cm³/mol. The van der Waals surface area contributed by atoms with Crippen LogP contribution < -0.4 is 0 Å². The number of aliphatic imine (C=N–C) groups is 1. The molecule has 4 unspecified atom stereocenters. The fraction of sp³-hybridized carbons (Fsp3) is 0.533. The summed E-state index contributed by atoms with van der Waals surface area (Å²) in [6.07, 6.45) is 3.21. The maximum Gasteiger partial charge on any atom is 0.0922 e. The van der Waals surface area contributed by atoms with E-state index >= 15 is 0 Å². The summed E-state index contributed by atoms with van der Waals surface area (Å²) in [7, 11) is 0. The van der Waals surface area contributed by atoms with Crippen molar-refractivity contribution in [2.24, 2.45) is 4.99 Å². The van der Waals surface area contributed by atoms with Crippen molar-refractivity contribution in [1.82, 2.24) is 0 Å². The topological polar surface area (TPSA) is 41.8 Å². The summed E-state index contributed by atoms with van der Waals surface area (Å²) in [5.41, 5.74) is 2.44. The second-order valence-electron chi connectivity index (χ2n) is 5.06. The number of benzene rings is 1. The normalized spacial score (nSPS) is 33.9. The van der Waals surface area contributed by atoms with Crippen molar-refractivity contribution in [2.45, 2.75) is 43.9 Å². The lowest BCUT2D eigenvalue weighted by Gasteiger charge is -2.41. The van der Waals surface area contributed by atoms with Gasteiger partial charge in [0.05, 0.1) is 18.2 Å². The first kappa shape index (κ1) is 11.9. The van der Waals surface area contributed by atoms with Gasteiger partial charge in [-0.05, 0) is 30.9 Å². The van der Waals surface area contributed by atoms with Crippen LogP contribution in [0, 0.1) is 0 Å². The summed E-state index contributed by atoms with van der Waals surface area (Å²) in [5.74, 6) is 0.204. The highest BCUT2D eigenvalue weighted by Crippen LogP contribution is 2.40. The Bertz CT molecular complexity index is 458. The zero-order valence-corrected chi connectivity index (χ0v) is 10.6. The van der Waals surface area contributed by atoms with E-state index in [1.165, 1.54) is 5.56 Å². The monoisotopic (exact) mass is 245 g/mol. The summed E-state index contributed by atoms with van der Waals surface area (Å²) < 4.78 is 5.80. The number of hydrogen-bond donors (Lipinski definition) is 1. The number of nitrogens with zero attached hydrogens (tertiary/aromatic N) is 1. The molecule has 3 nitrogen and oxygen atoms in total. The van der Waals surface area contributed by atoms with Crippen LogP contribution in [0.1, 0.15) is 36.8 Å². The molecule has 1 N–H and O–H groups in total. The van der Waals surface area contributed by atoms with Crippen molar-refractivity contribution in [2.75, 3.05) is 6.61 Å². The Balaban J connectivity index is 2.00. The van der Waals surface area contributed by atoms with Crippen molar-refractivity contribution in [1.29, 1.82) is 0 Å². The molecule has 96 valence electrons. The van der Waals surface area contributed by atoms with Gasteiger partial charge in [0, 0.05) is 18.7 Å². The van der Waals surface area contributed by atoms with Gasteiger partial charge in [-0.3, -0.25) is 4.99 Å². The van der Waals surface area contributed by atoms with Crippen molar-refractivity contribution in [3.63, 3.8) is 0 Å². The highest BCUT2D eigenvalue weighted by Gasteiger charge is 2.42. The molecule has 3 heteroatoms. The zero-order valence-electron chi connectivity index (χ0n) is 10.6. The van der Waals surface area contributed by atoms with E-state index in [9.17, 15) is 5.11 Å². The molecule has 18 heavy (non-hydrogen) atoms. The van der Waals surface area contributed by atoms with Crippen molar-refractivity contribution >= 4 is 6.21 Å². The average Bonchev–Trinajstić information content (AvgIpc) is 2.41. The molecular weight excluding hydrogens is 226 g/mol. The average molecular weight is 245 g/mol. The Morgan fingerprint density at radius 1 is 1.33 bits per heavy atom. The van der Waals surface area contributed by atoms with Crippen LogP contribution in [0.2, 0.25) is 0 Å². The highest BCUT2D eigenvalue weighted by atomic mass is 16.5. The van der Waals surface area contributed by atoms with Gasteiger partial charge in [-0.15, -0.1) is 0 Å². The summed E-state index contributed by atoms with van der Waals surface area (Å²) in [5, 5.41) is 10.2. The van der Waals surface area contributed by atoms with Crippen LogP contribution in [-0.2, 0) is 4.74 Å². The van der Waals surface area contributed by atoms with E-state index in [1.807, 2.05) is 19.2 Å². The summed E-state index contributed by atoms with van der Waals surface area (Å²) >= 11 is 0. The van der Waals surface area contributed by atoms with Gasteiger partial charge in [-0.1, -0.05) is 24.3 Å². The third-order valence-corrected chi connectivity index (χ3v) is 4.03. The highest BCUT2D eigenvalue weighted by molar-refractivity contribution is 5.83. The molecule has 0 radical (unpaired) electrons. The lowest BCUT2D eigenvalue weighted by Crippen LogP contribution is -2.46. The number of rotatable bonds is 2. The van der Waals surface area contributed by atoms with Crippen LogP contribution >= 0.6 is 0 Å². The molecule has 3 rings (SSSR count). The first-order chi connectivity index (χ1) is 8.81. The summed E-state index contributed by atoms with van der Waals surface area (Å²) in [6, 6.07) is 8.57. The molecule has 2 aliphatic rings. The Morgan fingerprint density at radius 2 is 2.17 bits per heavy atom. The van der Waals surface area contributed by atoms with E-state index in [1.54, 1.807) is 0 Å². The van der Waals surface area contributed by atoms with Crippen LogP contribution in [0.15, 0.2) is 29.3 Å². The Hall–Kier alpha value is -1.19.